The van der Waals surface area contributed by atoms with Crippen molar-refractivity contribution in [1.29, 1.82) is 0 Å². The highest BCUT2D eigenvalue weighted by molar-refractivity contribution is 5.15. The Morgan fingerprint density at radius 3 is 2.39 bits per heavy atom. The summed E-state index contributed by atoms with van der Waals surface area (Å²) < 4.78 is 0. The van der Waals surface area contributed by atoms with E-state index in [1.54, 1.807) is 0 Å². The lowest BCUT2D eigenvalue weighted by molar-refractivity contribution is 0.104. The second-order valence-corrected chi connectivity index (χ2v) is 5.21. The van der Waals surface area contributed by atoms with E-state index in [1.165, 1.54) is 18.7 Å². The minimum Gasteiger partial charge on any atom is -0.329 e. The Balaban J connectivity index is 1.79. The molecule has 1 fully saturated rings. The normalized spacial score (nSPS) is 19.9. The van der Waals surface area contributed by atoms with E-state index in [-0.39, 0.29) is 0 Å². The summed E-state index contributed by atoms with van der Waals surface area (Å²) in [6, 6.07) is 11.4. The molecule has 1 atom stereocenters. The molecule has 3 heteroatoms. The molecular weight excluding hydrogens is 222 g/mol. The van der Waals surface area contributed by atoms with Crippen LogP contribution in [0, 0.1) is 0 Å². The monoisotopic (exact) mass is 247 g/mol. The van der Waals surface area contributed by atoms with Gasteiger partial charge in [-0.15, -0.1) is 0 Å². The molecule has 0 amide bonds. The third-order valence-electron chi connectivity index (χ3n) is 3.85. The first-order valence-electron chi connectivity index (χ1n) is 7.00. The fourth-order valence-corrected chi connectivity index (χ4v) is 2.69. The quantitative estimate of drug-likeness (QED) is 0.848. The van der Waals surface area contributed by atoms with Gasteiger partial charge in [-0.25, -0.2) is 0 Å². The van der Waals surface area contributed by atoms with Gasteiger partial charge in [-0.1, -0.05) is 30.3 Å². The molecule has 2 rings (SSSR count). The van der Waals surface area contributed by atoms with E-state index in [9.17, 15) is 0 Å². The highest BCUT2D eigenvalue weighted by atomic mass is 15.3. The van der Waals surface area contributed by atoms with Crippen LogP contribution in [0.3, 0.4) is 0 Å². The Morgan fingerprint density at radius 1 is 1.11 bits per heavy atom. The standard InChI is InChI=1S/C15H25N3/c1-14(13-15-5-3-2-4-6-15)18-11-9-17(8-7-16)10-12-18/h2-6,14H,7-13,16H2,1H3. The summed E-state index contributed by atoms with van der Waals surface area (Å²) in [5, 5.41) is 0. The molecule has 1 aliphatic rings. The van der Waals surface area contributed by atoms with Crippen LogP contribution in [0.5, 0.6) is 0 Å². The summed E-state index contributed by atoms with van der Waals surface area (Å²) in [7, 11) is 0. The number of nitrogens with two attached hydrogens (primary N) is 1. The van der Waals surface area contributed by atoms with Gasteiger partial charge in [0.15, 0.2) is 0 Å². The van der Waals surface area contributed by atoms with E-state index < -0.39 is 0 Å². The lowest BCUT2D eigenvalue weighted by Gasteiger charge is -2.38. The molecule has 1 unspecified atom stereocenters. The Labute approximate surface area is 111 Å². The lowest BCUT2D eigenvalue weighted by atomic mass is 10.1. The first kappa shape index (κ1) is 13.5. The van der Waals surface area contributed by atoms with Crippen LogP contribution < -0.4 is 5.73 Å². The minimum atomic E-state index is 0.632. The van der Waals surface area contributed by atoms with Crippen molar-refractivity contribution in [2.24, 2.45) is 5.73 Å². The number of rotatable bonds is 5. The fraction of sp³-hybridized carbons (Fsp3) is 0.600. The van der Waals surface area contributed by atoms with Crippen molar-refractivity contribution >= 4 is 0 Å². The van der Waals surface area contributed by atoms with Gasteiger partial charge in [0.05, 0.1) is 0 Å². The van der Waals surface area contributed by atoms with E-state index in [0.29, 0.717) is 6.04 Å². The smallest absolute Gasteiger partial charge is 0.0113 e. The van der Waals surface area contributed by atoms with Crippen molar-refractivity contribution in [1.82, 2.24) is 9.80 Å². The van der Waals surface area contributed by atoms with Crippen molar-refractivity contribution in [3.05, 3.63) is 35.9 Å². The zero-order chi connectivity index (χ0) is 12.8. The highest BCUT2D eigenvalue weighted by Crippen LogP contribution is 2.11. The van der Waals surface area contributed by atoms with E-state index in [0.717, 1.165) is 32.6 Å². The minimum absolute atomic E-state index is 0.632. The molecule has 2 N–H and O–H groups in total. The zero-order valence-corrected chi connectivity index (χ0v) is 11.4. The van der Waals surface area contributed by atoms with Gasteiger partial charge in [0, 0.05) is 45.3 Å². The third kappa shape index (κ3) is 3.80. The molecule has 100 valence electrons. The van der Waals surface area contributed by atoms with E-state index in [4.69, 9.17) is 5.73 Å². The lowest BCUT2D eigenvalue weighted by Crippen LogP contribution is -2.50. The topological polar surface area (TPSA) is 32.5 Å². The Kier molecular flexibility index (Phi) is 5.17. The van der Waals surface area contributed by atoms with Gasteiger partial charge in [0.2, 0.25) is 0 Å². The number of benzene rings is 1. The van der Waals surface area contributed by atoms with Crippen molar-refractivity contribution < 1.29 is 0 Å². The van der Waals surface area contributed by atoms with Crippen molar-refractivity contribution in [2.45, 2.75) is 19.4 Å². The van der Waals surface area contributed by atoms with Crippen LogP contribution >= 0.6 is 0 Å². The average Bonchev–Trinajstić information content (AvgIpc) is 2.41. The molecule has 0 radical (unpaired) electrons. The van der Waals surface area contributed by atoms with Gasteiger partial charge in [-0.05, 0) is 18.9 Å². The molecule has 1 aliphatic heterocycles. The van der Waals surface area contributed by atoms with Gasteiger partial charge in [0.1, 0.15) is 0 Å². The molecule has 1 heterocycles. The van der Waals surface area contributed by atoms with Crippen LogP contribution in [0.2, 0.25) is 0 Å². The Hall–Kier alpha value is -0.900. The molecule has 3 nitrogen and oxygen atoms in total. The van der Waals surface area contributed by atoms with Crippen molar-refractivity contribution in [2.75, 3.05) is 39.3 Å². The largest absolute Gasteiger partial charge is 0.329 e. The predicted octanol–water partition coefficient (Wildman–Crippen LogP) is 1.19. The molecular formula is C15H25N3. The maximum atomic E-state index is 5.60. The summed E-state index contributed by atoms with van der Waals surface area (Å²) in [5.41, 5.74) is 7.04. The van der Waals surface area contributed by atoms with Crippen LogP contribution in [0.25, 0.3) is 0 Å². The second-order valence-electron chi connectivity index (χ2n) is 5.21. The number of nitrogens with zero attached hydrogens (tertiary/aromatic N) is 2. The number of piperazine rings is 1. The SMILES string of the molecule is CC(Cc1ccccc1)N1CCN(CCN)CC1. The summed E-state index contributed by atoms with van der Waals surface area (Å²) in [6.45, 7) is 8.83. The molecule has 0 spiro atoms. The van der Waals surface area contributed by atoms with E-state index in [1.807, 2.05) is 0 Å². The summed E-state index contributed by atoms with van der Waals surface area (Å²) in [6.07, 6.45) is 1.15. The number of hydrogen-bond donors (Lipinski definition) is 1. The van der Waals surface area contributed by atoms with Gasteiger partial charge in [0.25, 0.3) is 0 Å². The maximum absolute atomic E-state index is 5.60. The molecule has 0 aromatic heterocycles. The van der Waals surface area contributed by atoms with Gasteiger partial charge in [-0.3, -0.25) is 9.80 Å². The number of hydrogen-bond acceptors (Lipinski definition) is 3. The van der Waals surface area contributed by atoms with Crippen LogP contribution in [0.15, 0.2) is 30.3 Å². The van der Waals surface area contributed by atoms with Crippen LogP contribution in [-0.2, 0) is 6.42 Å². The molecule has 1 aromatic rings. The van der Waals surface area contributed by atoms with Crippen molar-refractivity contribution in [3.8, 4) is 0 Å². The molecule has 1 saturated heterocycles. The Morgan fingerprint density at radius 2 is 1.78 bits per heavy atom. The summed E-state index contributed by atoms with van der Waals surface area (Å²) in [4.78, 5) is 5.06. The van der Waals surface area contributed by atoms with Crippen LogP contribution in [0.4, 0.5) is 0 Å². The predicted molar refractivity (Wildman–Crippen MR) is 76.7 cm³/mol. The highest BCUT2D eigenvalue weighted by Gasteiger charge is 2.20. The summed E-state index contributed by atoms with van der Waals surface area (Å²) in [5.74, 6) is 0. The van der Waals surface area contributed by atoms with Gasteiger partial charge < -0.3 is 5.73 Å². The average molecular weight is 247 g/mol. The van der Waals surface area contributed by atoms with Gasteiger partial charge in [-0.2, -0.15) is 0 Å². The van der Waals surface area contributed by atoms with Gasteiger partial charge >= 0.3 is 0 Å². The first-order valence-corrected chi connectivity index (χ1v) is 7.00. The molecule has 1 aromatic carbocycles. The molecule has 0 saturated carbocycles. The maximum Gasteiger partial charge on any atom is 0.0113 e. The zero-order valence-electron chi connectivity index (χ0n) is 11.4. The molecule has 18 heavy (non-hydrogen) atoms. The summed E-state index contributed by atoms with van der Waals surface area (Å²) >= 11 is 0. The third-order valence-corrected chi connectivity index (χ3v) is 3.85. The van der Waals surface area contributed by atoms with E-state index >= 15 is 0 Å². The van der Waals surface area contributed by atoms with Crippen molar-refractivity contribution in [3.63, 3.8) is 0 Å². The van der Waals surface area contributed by atoms with Crippen LogP contribution in [0.1, 0.15) is 12.5 Å². The molecule has 0 aliphatic carbocycles. The first-order chi connectivity index (χ1) is 8.79. The molecule has 0 bridgehead atoms. The van der Waals surface area contributed by atoms with E-state index in [2.05, 4.69) is 47.1 Å². The Bertz CT molecular complexity index is 331. The second kappa shape index (κ2) is 6.88. The fourth-order valence-electron chi connectivity index (χ4n) is 2.69. The van der Waals surface area contributed by atoms with Crippen LogP contribution in [-0.4, -0.2) is 55.1 Å².